The molecule has 2 heterocycles. The van der Waals surface area contributed by atoms with Crippen molar-refractivity contribution in [2.45, 2.75) is 9.79 Å². The standard InChI is InChI=1S/C36H40N6O2S/c1-39-21-25-41(26-22-39)35(29-9-5-3-6-10-29)37-31-13-17-33(18-14-31)45(43,44)34-19-15-32(16-20-34)38-36(30-11-7-4-8-12-30)42-27-23-40(2)24-28-42/h3-20H,21-28H2,1-2H3/b37-35+,38-36+. The summed E-state index contributed by atoms with van der Waals surface area (Å²) in [5, 5.41) is 0. The van der Waals surface area contributed by atoms with Gasteiger partial charge in [-0.1, -0.05) is 60.7 Å². The summed E-state index contributed by atoms with van der Waals surface area (Å²) in [7, 11) is 0.548. The van der Waals surface area contributed by atoms with Crippen LogP contribution in [-0.2, 0) is 9.84 Å². The Kier molecular flexibility index (Phi) is 9.39. The van der Waals surface area contributed by atoms with Crippen molar-refractivity contribution in [3.05, 3.63) is 120 Å². The van der Waals surface area contributed by atoms with Crippen molar-refractivity contribution in [2.75, 3.05) is 66.5 Å². The third-order valence-electron chi connectivity index (χ3n) is 8.43. The average molecular weight is 621 g/mol. The highest BCUT2D eigenvalue weighted by Gasteiger charge is 2.22. The molecule has 9 heteroatoms. The van der Waals surface area contributed by atoms with Crippen LogP contribution in [-0.4, -0.2) is 106 Å². The Morgan fingerprint density at radius 1 is 0.489 bits per heavy atom. The summed E-state index contributed by atoms with van der Waals surface area (Å²) in [5.41, 5.74) is 3.52. The zero-order valence-corrected chi connectivity index (χ0v) is 26.8. The Morgan fingerprint density at radius 2 is 0.822 bits per heavy atom. The molecule has 45 heavy (non-hydrogen) atoms. The van der Waals surface area contributed by atoms with Gasteiger partial charge < -0.3 is 19.6 Å². The normalized spacial score (nSPS) is 17.5. The number of rotatable bonds is 6. The van der Waals surface area contributed by atoms with E-state index in [0.717, 1.165) is 75.2 Å². The highest BCUT2D eigenvalue weighted by atomic mass is 32.2. The number of sulfone groups is 1. The van der Waals surface area contributed by atoms with Gasteiger partial charge in [-0.2, -0.15) is 0 Å². The molecule has 0 amide bonds. The van der Waals surface area contributed by atoms with Crippen LogP contribution >= 0.6 is 0 Å². The lowest BCUT2D eigenvalue weighted by atomic mass is 10.1. The molecular weight excluding hydrogens is 581 g/mol. The number of hydrogen-bond donors (Lipinski definition) is 0. The Morgan fingerprint density at radius 3 is 1.16 bits per heavy atom. The minimum atomic E-state index is -3.72. The maximum atomic E-state index is 13.6. The predicted molar refractivity (Wildman–Crippen MR) is 182 cm³/mol. The van der Waals surface area contributed by atoms with Gasteiger partial charge in [0.2, 0.25) is 9.84 Å². The molecule has 0 spiro atoms. The van der Waals surface area contributed by atoms with Crippen LogP contribution in [0.3, 0.4) is 0 Å². The minimum Gasteiger partial charge on any atom is -0.354 e. The predicted octanol–water partition coefficient (Wildman–Crippen LogP) is 5.17. The van der Waals surface area contributed by atoms with E-state index in [-0.39, 0.29) is 9.79 Å². The van der Waals surface area contributed by atoms with Gasteiger partial charge in [-0.15, -0.1) is 0 Å². The summed E-state index contributed by atoms with van der Waals surface area (Å²) in [6.07, 6.45) is 0. The van der Waals surface area contributed by atoms with Gasteiger partial charge in [0.25, 0.3) is 0 Å². The number of aliphatic imine (C=N–C) groups is 2. The van der Waals surface area contributed by atoms with Gasteiger partial charge in [0.15, 0.2) is 0 Å². The summed E-state index contributed by atoms with van der Waals surface area (Å²) in [5.74, 6) is 1.81. The van der Waals surface area contributed by atoms with Crippen molar-refractivity contribution in [3.63, 3.8) is 0 Å². The lowest BCUT2D eigenvalue weighted by Gasteiger charge is -2.34. The van der Waals surface area contributed by atoms with Gasteiger partial charge in [0.05, 0.1) is 21.2 Å². The van der Waals surface area contributed by atoms with E-state index in [0.29, 0.717) is 11.4 Å². The molecule has 2 aliphatic rings. The fraction of sp³-hybridized carbons (Fsp3) is 0.278. The van der Waals surface area contributed by atoms with E-state index in [1.807, 2.05) is 36.4 Å². The fourth-order valence-corrected chi connectivity index (χ4v) is 6.89. The summed E-state index contributed by atoms with van der Waals surface area (Å²) in [6, 6.07) is 34.1. The molecule has 0 radical (unpaired) electrons. The molecule has 0 unspecified atom stereocenters. The van der Waals surface area contributed by atoms with Crippen molar-refractivity contribution in [2.24, 2.45) is 9.98 Å². The second-order valence-electron chi connectivity index (χ2n) is 11.7. The molecule has 232 valence electrons. The first kappa shape index (κ1) is 30.7. The molecule has 0 aromatic heterocycles. The van der Waals surface area contributed by atoms with E-state index < -0.39 is 9.84 Å². The van der Waals surface area contributed by atoms with E-state index in [4.69, 9.17) is 9.98 Å². The summed E-state index contributed by atoms with van der Waals surface area (Å²) >= 11 is 0. The molecule has 2 aliphatic heterocycles. The average Bonchev–Trinajstić information content (AvgIpc) is 3.08. The lowest BCUT2D eigenvalue weighted by Crippen LogP contribution is -2.47. The van der Waals surface area contributed by atoms with E-state index >= 15 is 0 Å². The van der Waals surface area contributed by atoms with Gasteiger partial charge in [-0.25, -0.2) is 18.4 Å². The van der Waals surface area contributed by atoms with Crippen LogP contribution in [0.25, 0.3) is 0 Å². The van der Waals surface area contributed by atoms with Crippen LogP contribution < -0.4 is 0 Å². The molecule has 4 aromatic rings. The van der Waals surface area contributed by atoms with Crippen LogP contribution in [0.5, 0.6) is 0 Å². The molecule has 0 aliphatic carbocycles. The van der Waals surface area contributed by atoms with E-state index in [9.17, 15) is 8.42 Å². The van der Waals surface area contributed by atoms with E-state index in [2.05, 4.69) is 58.0 Å². The SMILES string of the molecule is CN1CCN(/C(=N/c2ccc(S(=O)(=O)c3ccc(/N=C(\c4ccccc4)N4CCN(C)CC4)cc3)cc2)c2ccccc2)CC1. The van der Waals surface area contributed by atoms with Crippen LogP contribution in [0.1, 0.15) is 11.1 Å². The molecule has 2 saturated heterocycles. The molecule has 2 fully saturated rings. The number of piperazine rings is 2. The lowest BCUT2D eigenvalue weighted by molar-refractivity contribution is 0.216. The van der Waals surface area contributed by atoms with Crippen molar-refractivity contribution in [3.8, 4) is 0 Å². The molecule has 0 saturated carbocycles. The number of nitrogens with zero attached hydrogens (tertiary/aromatic N) is 6. The second-order valence-corrected chi connectivity index (χ2v) is 13.6. The zero-order chi connectivity index (χ0) is 31.2. The Hall–Kier alpha value is -4.31. The van der Waals surface area contributed by atoms with E-state index in [1.165, 1.54) is 0 Å². The summed E-state index contributed by atoms with van der Waals surface area (Å²) in [6.45, 7) is 7.43. The summed E-state index contributed by atoms with van der Waals surface area (Å²) in [4.78, 5) is 19.7. The largest absolute Gasteiger partial charge is 0.354 e. The molecule has 8 nitrogen and oxygen atoms in total. The second kappa shape index (κ2) is 13.8. The number of amidine groups is 2. The van der Waals surface area contributed by atoms with Gasteiger partial charge >= 0.3 is 0 Å². The van der Waals surface area contributed by atoms with Crippen molar-refractivity contribution < 1.29 is 8.42 Å². The molecular formula is C36H40N6O2S. The smallest absolute Gasteiger partial charge is 0.206 e. The molecule has 0 atom stereocenters. The topological polar surface area (TPSA) is 71.8 Å². The fourth-order valence-electron chi connectivity index (χ4n) is 5.63. The first-order valence-electron chi connectivity index (χ1n) is 15.5. The van der Waals surface area contributed by atoms with Crippen LogP contribution in [0.4, 0.5) is 11.4 Å². The highest BCUT2D eigenvalue weighted by molar-refractivity contribution is 7.91. The first-order valence-corrected chi connectivity index (χ1v) is 17.0. The van der Waals surface area contributed by atoms with Gasteiger partial charge in [-0.05, 0) is 62.6 Å². The molecule has 0 bridgehead atoms. The number of likely N-dealkylation sites (N-methyl/N-ethyl adjacent to an activating group) is 2. The molecule has 0 N–H and O–H groups in total. The number of benzene rings is 4. The quantitative estimate of drug-likeness (QED) is 0.219. The van der Waals surface area contributed by atoms with Gasteiger partial charge in [0, 0.05) is 63.5 Å². The van der Waals surface area contributed by atoms with Gasteiger partial charge in [0.1, 0.15) is 11.7 Å². The zero-order valence-electron chi connectivity index (χ0n) is 26.0. The van der Waals surface area contributed by atoms with E-state index in [1.54, 1.807) is 48.5 Å². The van der Waals surface area contributed by atoms with Crippen molar-refractivity contribution in [1.82, 2.24) is 19.6 Å². The van der Waals surface area contributed by atoms with Crippen molar-refractivity contribution >= 4 is 32.9 Å². The Balaban J connectivity index is 1.23. The highest BCUT2D eigenvalue weighted by Crippen LogP contribution is 2.27. The maximum Gasteiger partial charge on any atom is 0.206 e. The van der Waals surface area contributed by atoms with Crippen molar-refractivity contribution in [1.29, 1.82) is 0 Å². The Labute approximate surface area is 266 Å². The third kappa shape index (κ3) is 7.33. The maximum absolute atomic E-state index is 13.6. The van der Waals surface area contributed by atoms with Crippen LogP contribution in [0, 0.1) is 0 Å². The van der Waals surface area contributed by atoms with Gasteiger partial charge in [-0.3, -0.25) is 0 Å². The molecule has 6 rings (SSSR count). The van der Waals surface area contributed by atoms with Crippen LogP contribution in [0.15, 0.2) is 129 Å². The monoisotopic (exact) mass is 620 g/mol. The van der Waals surface area contributed by atoms with Crippen LogP contribution in [0.2, 0.25) is 0 Å². The Bertz CT molecular complexity index is 1600. The third-order valence-corrected chi connectivity index (χ3v) is 10.2. The minimum absolute atomic E-state index is 0.237. The first-order chi connectivity index (χ1) is 21.9. The molecule has 4 aromatic carbocycles. The summed E-state index contributed by atoms with van der Waals surface area (Å²) < 4.78 is 27.2. The number of hydrogen-bond acceptors (Lipinski definition) is 6.